The van der Waals surface area contributed by atoms with Crippen molar-refractivity contribution >= 4 is 11.8 Å². The summed E-state index contributed by atoms with van der Waals surface area (Å²) in [7, 11) is 1.45. The van der Waals surface area contributed by atoms with Crippen LogP contribution in [0.4, 0.5) is 0 Å². The van der Waals surface area contributed by atoms with Crippen LogP contribution in [0, 0.1) is 6.92 Å². The summed E-state index contributed by atoms with van der Waals surface area (Å²) < 4.78 is 16.2. The minimum atomic E-state index is -1.77. The topological polar surface area (TPSA) is 102 Å². The number of carbonyl (C=O) groups excluding carboxylic acids is 2. The maximum Gasteiger partial charge on any atom is 0.343 e. The molecule has 2 atom stereocenters. The van der Waals surface area contributed by atoms with Crippen LogP contribution in [0.2, 0.25) is 0 Å². The lowest BCUT2D eigenvalue weighted by Gasteiger charge is -2.39. The Balaban J connectivity index is 1.90. The van der Waals surface area contributed by atoms with Crippen LogP contribution >= 0.6 is 0 Å². The van der Waals surface area contributed by atoms with E-state index in [9.17, 15) is 19.8 Å². The molecule has 2 aliphatic rings. The number of aliphatic hydroxyl groups excluding tert-OH is 1. The first-order valence-corrected chi connectivity index (χ1v) is 9.60. The Kier molecular flexibility index (Phi) is 5.71. The van der Waals surface area contributed by atoms with Crippen molar-refractivity contribution in [1.29, 1.82) is 0 Å². The molecule has 7 heteroatoms. The van der Waals surface area contributed by atoms with Crippen LogP contribution in [-0.4, -0.2) is 47.4 Å². The summed E-state index contributed by atoms with van der Waals surface area (Å²) in [5.74, 6) is -0.523. The van der Waals surface area contributed by atoms with Gasteiger partial charge in [0.25, 0.3) is 0 Å². The number of methoxy groups -OCH3 is 1. The second-order valence-electron chi connectivity index (χ2n) is 7.54. The number of rotatable bonds is 5. The molecule has 29 heavy (non-hydrogen) atoms. The molecule has 0 unspecified atom stereocenters. The minimum Gasteiger partial charge on any atom is -0.507 e. The monoisotopic (exact) mass is 402 g/mol. The molecule has 156 valence electrons. The quantitative estimate of drug-likeness (QED) is 0.730. The van der Waals surface area contributed by atoms with Crippen molar-refractivity contribution in [3.05, 3.63) is 46.2 Å². The van der Waals surface area contributed by atoms with E-state index in [1.54, 1.807) is 19.1 Å². The number of ketones is 1. The van der Waals surface area contributed by atoms with Crippen molar-refractivity contribution < 1.29 is 34.0 Å². The van der Waals surface area contributed by atoms with Crippen LogP contribution in [0.3, 0.4) is 0 Å². The lowest BCUT2D eigenvalue weighted by molar-refractivity contribution is -0.147. The Labute approximate surface area is 169 Å². The van der Waals surface area contributed by atoms with Crippen LogP contribution in [0.25, 0.3) is 0 Å². The molecular formula is C22H26O7. The number of hydrogen-bond acceptors (Lipinski definition) is 7. The van der Waals surface area contributed by atoms with Gasteiger partial charge in [-0.15, -0.1) is 0 Å². The third kappa shape index (κ3) is 3.74. The number of phenols is 1. The largest absolute Gasteiger partial charge is 0.507 e. The van der Waals surface area contributed by atoms with Crippen molar-refractivity contribution in [3.63, 3.8) is 0 Å². The first-order valence-electron chi connectivity index (χ1n) is 9.60. The maximum absolute atomic E-state index is 13.1. The summed E-state index contributed by atoms with van der Waals surface area (Å²) in [6.07, 6.45) is 2.42. The zero-order valence-electron chi connectivity index (χ0n) is 17.1. The molecule has 0 fully saturated rings. The van der Waals surface area contributed by atoms with E-state index >= 15 is 0 Å². The van der Waals surface area contributed by atoms with E-state index in [0.717, 1.165) is 18.6 Å². The number of aryl methyl sites for hydroxylation is 1. The Morgan fingerprint density at radius 3 is 2.72 bits per heavy atom. The molecule has 2 N–H and O–H groups in total. The number of phenolic OH excluding ortho intramolecular Hbond substituents is 1. The highest BCUT2D eigenvalue weighted by Crippen LogP contribution is 2.38. The predicted molar refractivity (Wildman–Crippen MR) is 105 cm³/mol. The molecular weight excluding hydrogens is 376 g/mol. The van der Waals surface area contributed by atoms with Gasteiger partial charge in [-0.3, -0.25) is 4.79 Å². The highest BCUT2D eigenvalue weighted by Gasteiger charge is 2.50. The van der Waals surface area contributed by atoms with Gasteiger partial charge in [0.2, 0.25) is 5.78 Å². The van der Waals surface area contributed by atoms with E-state index < -0.39 is 23.5 Å². The number of allylic oxidation sites excluding steroid dienone is 2. The molecule has 1 heterocycles. The highest BCUT2D eigenvalue weighted by atomic mass is 16.6. The van der Waals surface area contributed by atoms with Crippen LogP contribution in [0.15, 0.2) is 35.1 Å². The highest BCUT2D eigenvalue weighted by molar-refractivity contribution is 6.07. The smallest absolute Gasteiger partial charge is 0.343 e. The maximum atomic E-state index is 13.1. The van der Waals surface area contributed by atoms with Gasteiger partial charge < -0.3 is 24.4 Å². The zero-order chi connectivity index (χ0) is 21.3. The lowest BCUT2D eigenvalue weighted by Crippen LogP contribution is -2.54. The number of benzene rings is 1. The average molecular weight is 402 g/mol. The summed E-state index contributed by atoms with van der Waals surface area (Å²) in [6, 6.07) is 2.87. The summed E-state index contributed by atoms with van der Waals surface area (Å²) >= 11 is 0. The normalized spacial score (nSPS) is 23.8. The van der Waals surface area contributed by atoms with Gasteiger partial charge in [0.15, 0.2) is 5.60 Å². The molecule has 0 saturated carbocycles. The Hall–Kier alpha value is -2.80. The van der Waals surface area contributed by atoms with Gasteiger partial charge in [-0.1, -0.05) is 6.92 Å². The molecule has 0 amide bonds. The third-order valence-corrected chi connectivity index (χ3v) is 5.43. The van der Waals surface area contributed by atoms with Crippen LogP contribution in [-0.2, 0) is 14.3 Å². The summed E-state index contributed by atoms with van der Waals surface area (Å²) in [5.41, 5.74) is -0.290. The standard InChI is InChI=1S/C22H26O7/c1-5-6-14-8-13-9-18(24)22(3,20(25)16(13)11-28-14)29-21(26)19-12(2)7-15(27-4)10-17(19)23/h7-8,10,18,23-24H,5-6,9,11H2,1-4H3/t18-,22+/m0/s1. The zero-order valence-corrected chi connectivity index (χ0v) is 17.1. The predicted octanol–water partition coefficient (Wildman–Crippen LogP) is 2.97. The van der Waals surface area contributed by atoms with E-state index in [0.29, 0.717) is 22.5 Å². The molecule has 0 radical (unpaired) electrons. The second kappa shape index (κ2) is 7.91. The van der Waals surface area contributed by atoms with Crippen molar-refractivity contribution in [2.24, 2.45) is 0 Å². The molecule has 0 bridgehead atoms. The number of esters is 1. The Morgan fingerprint density at radius 1 is 1.38 bits per heavy atom. The molecule has 0 spiro atoms. The molecule has 1 aliphatic carbocycles. The fourth-order valence-corrected chi connectivity index (χ4v) is 3.70. The van der Waals surface area contributed by atoms with Crippen molar-refractivity contribution in [2.75, 3.05) is 13.7 Å². The summed E-state index contributed by atoms with van der Waals surface area (Å²) in [4.78, 5) is 25.9. The number of ether oxygens (including phenoxy) is 3. The van der Waals surface area contributed by atoms with Crippen LogP contribution < -0.4 is 4.74 Å². The van der Waals surface area contributed by atoms with E-state index in [1.807, 2.05) is 6.92 Å². The summed E-state index contributed by atoms with van der Waals surface area (Å²) in [6.45, 7) is 5.13. The van der Waals surface area contributed by atoms with Crippen molar-refractivity contribution in [3.8, 4) is 11.5 Å². The molecule has 1 aliphatic heterocycles. The number of carbonyl (C=O) groups is 2. The second-order valence-corrected chi connectivity index (χ2v) is 7.54. The van der Waals surface area contributed by atoms with Crippen LogP contribution in [0.1, 0.15) is 49.0 Å². The molecule has 1 aromatic rings. The van der Waals surface area contributed by atoms with Gasteiger partial charge in [0.1, 0.15) is 29.8 Å². The minimum absolute atomic E-state index is 0.0724. The van der Waals surface area contributed by atoms with E-state index in [4.69, 9.17) is 14.2 Å². The first kappa shape index (κ1) is 20.9. The van der Waals surface area contributed by atoms with Gasteiger partial charge >= 0.3 is 5.97 Å². The molecule has 0 aromatic heterocycles. The number of hydrogen-bond donors (Lipinski definition) is 2. The lowest BCUT2D eigenvalue weighted by atomic mass is 9.77. The Morgan fingerprint density at radius 2 is 2.10 bits per heavy atom. The van der Waals surface area contributed by atoms with Gasteiger partial charge in [-0.05, 0) is 43.5 Å². The van der Waals surface area contributed by atoms with E-state index in [2.05, 4.69) is 0 Å². The van der Waals surface area contributed by atoms with Gasteiger partial charge in [0, 0.05) is 24.5 Å². The van der Waals surface area contributed by atoms with Gasteiger partial charge in [-0.25, -0.2) is 4.79 Å². The number of Topliss-reactive ketones (excluding diaryl/α,β-unsaturated/α-hetero) is 1. The molecule has 0 saturated heterocycles. The fraction of sp³-hybridized carbons (Fsp3) is 0.455. The van der Waals surface area contributed by atoms with Crippen LogP contribution in [0.5, 0.6) is 11.5 Å². The SMILES string of the molecule is CCCC1=CC2=C(CO1)C(=O)[C@](C)(OC(=O)c1c(C)cc(OC)cc1O)[C@@H](O)C2. The fourth-order valence-electron chi connectivity index (χ4n) is 3.70. The number of aromatic hydroxyl groups is 1. The molecule has 3 rings (SSSR count). The number of aliphatic hydroxyl groups is 1. The molecule has 7 nitrogen and oxygen atoms in total. The van der Waals surface area contributed by atoms with Gasteiger partial charge in [-0.2, -0.15) is 0 Å². The molecule has 1 aromatic carbocycles. The summed E-state index contributed by atoms with van der Waals surface area (Å²) in [5, 5.41) is 20.9. The first-order chi connectivity index (χ1) is 13.7. The Bertz CT molecular complexity index is 889. The third-order valence-electron chi connectivity index (χ3n) is 5.43. The van der Waals surface area contributed by atoms with E-state index in [1.165, 1.54) is 20.1 Å². The van der Waals surface area contributed by atoms with Crippen molar-refractivity contribution in [2.45, 2.75) is 51.7 Å². The van der Waals surface area contributed by atoms with E-state index in [-0.39, 0.29) is 24.3 Å². The van der Waals surface area contributed by atoms with Gasteiger partial charge in [0.05, 0.1) is 12.9 Å². The van der Waals surface area contributed by atoms with Crippen molar-refractivity contribution in [1.82, 2.24) is 0 Å². The average Bonchev–Trinajstić information content (AvgIpc) is 2.66.